The minimum Gasteiger partial charge on any atom is -0.480 e. The summed E-state index contributed by atoms with van der Waals surface area (Å²) in [5.41, 5.74) is 0. The third-order valence-electron chi connectivity index (χ3n) is 2.34. The first-order valence-corrected chi connectivity index (χ1v) is 4.39. The van der Waals surface area contributed by atoms with Gasteiger partial charge in [-0.1, -0.05) is 0 Å². The first kappa shape index (κ1) is 12.8. The number of carboxylic acid groups (broad SMARTS) is 1. The summed E-state index contributed by atoms with van der Waals surface area (Å²) in [5, 5.41) is 8.78. The molecule has 0 radical (unpaired) electrons. The average molecular weight is 241 g/mol. The van der Waals surface area contributed by atoms with Crippen molar-refractivity contribution >= 4 is 11.9 Å². The number of ether oxygens (including phenoxy) is 1. The van der Waals surface area contributed by atoms with Gasteiger partial charge in [0.15, 0.2) is 0 Å². The fraction of sp³-hybridized carbons (Fsp3) is 0.750. The summed E-state index contributed by atoms with van der Waals surface area (Å²) in [6.45, 7) is 0.0961. The molecular weight excluding hydrogens is 231 g/mol. The molecule has 1 fully saturated rings. The zero-order chi connectivity index (χ0) is 12.5. The van der Waals surface area contributed by atoms with Gasteiger partial charge in [0, 0.05) is 13.0 Å². The largest absolute Gasteiger partial charge is 0.480 e. The van der Waals surface area contributed by atoms with Crippen LogP contribution in [0, 0.1) is 5.92 Å². The van der Waals surface area contributed by atoms with Crippen LogP contribution in [-0.2, 0) is 14.3 Å². The fourth-order valence-electron chi connectivity index (χ4n) is 1.45. The van der Waals surface area contributed by atoms with Crippen molar-refractivity contribution < 1.29 is 32.6 Å². The Morgan fingerprint density at radius 2 is 1.94 bits per heavy atom. The van der Waals surface area contributed by atoms with Crippen molar-refractivity contribution in [3.8, 4) is 0 Å². The topological polar surface area (TPSA) is 66.8 Å². The van der Waals surface area contributed by atoms with E-state index in [0.717, 1.165) is 7.05 Å². The summed E-state index contributed by atoms with van der Waals surface area (Å²) in [5.74, 6) is -4.21. The van der Waals surface area contributed by atoms with E-state index in [-0.39, 0.29) is 18.1 Å². The van der Waals surface area contributed by atoms with E-state index >= 15 is 0 Å². The van der Waals surface area contributed by atoms with Crippen LogP contribution in [0.25, 0.3) is 0 Å². The van der Waals surface area contributed by atoms with Gasteiger partial charge in [0.25, 0.3) is 0 Å². The Morgan fingerprint density at radius 1 is 1.44 bits per heavy atom. The molecule has 0 bridgehead atoms. The molecule has 0 aliphatic carbocycles. The van der Waals surface area contributed by atoms with Crippen LogP contribution in [0.1, 0.15) is 0 Å². The Balaban J connectivity index is 2.78. The SMILES string of the molecule is CN(C(=O)C(F)(F)F)C(C(=O)O)C1COC1. The number of carbonyl (C=O) groups excluding carboxylic acids is 1. The summed E-state index contributed by atoms with van der Waals surface area (Å²) in [6, 6.07) is -1.50. The molecular formula is C8H10F3NO4. The maximum absolute atomic E-state index is 12.1. The minimum atomic E-state index is -5.06. The van der Waals surface area contributed by atoms with Crippen molar-refractivity contribution in [3.05, 3.63) is 0 Å². The molecule has 0 spiro atoms. The van der Waals surface area contributed by atoms with Gasteiger partial charge in [-0.05, 0) is 0 Å². The molecule has 92 valence electrons. The quantitative estimate of drug-likeness (QED) is 0.761. The summed E-state index contributed by atoms with van der Waals surface area (Å²) in [6.07, 6.45) is -5.06. The van der Waals surface area contributed by atoms with Gasteiger partial charge in [0.05, 0.1) is 13.2 Å². The molecule has 0 aromatic rings. The van der Waals surface area contributed by atoms with Crippen LogP contribution in [0.2, 0.25) is 0 Å². The lowest BCUT2D eigenvalue weighted by atomic mass is 9.97. The molecule has 1 heterocycles. The zero-order valence-electron chi connectivity index (χ0n) is 8.32. The molecule has 1 rings (SSSR count). The average Bonchev–Trinajstić information content (AvgIpc) is 2.06. The predicted molar refractivity (Wildman–Crippen MR) is 44.6 cm³/mol. The van der Waals surface area contributed by atoms with Crippen LogP contribution >= 0.6 is 0 Å². The Morgan fingerprint density at radius 3 is 2.19 bits per heavy atom. The summed E-state index contributed by atoms with van der Waals surface area (Å²) in [4.78, 5) is 21.8. The van der Waals surface area contributed by atoms with Gasteiger partial charge in [-0.2, -0.15) is 13.2 Å². The number of hydrogen-bond donors (Lipinski definition) is 1. The second-order valence-corrected chi connectivity index (χ2v) is 3.49. The van der Waals surface area contributed by atoms with Crippen LogP contribution in [0.3, 0.4) is 0 Å². The maximum atomic E-state index is 12.1. The predicted octanol–water partition coefficient (Wildman–Crippen LogP) is 0.107. The molecule has 0 saturated carbocycles. The molecule has 1 saturated heterocycles. The van der Waals surface area contributed by atoms with E-state index in [1.165, 1.54) is 0 Å². The highest BCUT2D eigenvalue weighted by molar-refractivity contribution is 5.87. The van der Waals surface area contributed by atoms with Crippen molar-refractivity contribution in [1.29, 1.82) is 0 Å². The number of alkyl halides is 3. The second kappa shape index (κ2) is 4.28. The number of rotatable bonds is 3. The number of hydrogen-bond acceptors (Lipinski definition) is 3. The Labute approximate surface area is 88.8 Å². The van der Waals surface area contributed by atoms with E-state index in [2.05, 4.69) is 0 Å². The molecule has 1 unspecified atom stereocenters. The minimum absolute atomic E-state index is 0.0481. The number of carboxylic acids is 1. The number of likely N-dealkylation sites (N-methyl/N-ethyl adjacent to an activating group) is 1. The standard InChI is InChI=1S/C8H10F3NO4/c1-12(7(15)8(9,10)11)5(6(13)14)4-2-16-3-4/h4-5H,2-3H2,1H3,(H,13,14). The van der Waals surface area contributed by atoms with E-state index in [9.17, 15) is 22.8 Å². The van der Waals surface area contributed by atoms with Crippen molar-refractivity contribution in [1.82, 2.24) is 4.90 Å². The monoisotopic (exact) mass is 241 g/mol. The van der Waals surface area contributed by atoms with E-state index in [1.807, 2.05) is 0 Å². The number of aliphatic carboxylic acids is 1. The smallest absolute Gasteiger partial charge is 0.471 e. The first-order chi connectivity index (χ1) is 7.25. The lowest BCUT2D eigenvalue weighted by Crippen LogP contribution is -2.55. The molecule has 1 atom stereocenters. The van der Waals surface area contributed by atoms with Crippen LogP contribution in [0.5, 0.6) is 0 Å². The number of halogens is 3. The highest BCUT2D eigenvalue weighted by atomic mass is 19.4. The number of nitrogens with zero attached hydrogens (tertiary/aromatic N) is 1. The van der Waals surface area contributed by atoms with Crippen LogP contribution in [0.15, 0.2) is 0 Å². The van der Waals surface area contributed by atoms with Crippen molar-refractivity contribution in [2.75, 3.05) is 20.3 Å². The lowest BCUT2D eigenvalue weighted by molar-refractivity contribution is -0.193. The van der Waals surface area contributed by atoms with Crippen LogP contribution < -0.4 is 0 Å². The Kier molecular flexibility index (Phi) is 3.41. The number of amides is 1. The normalized spacial score (nSPS) is 18.8. The van der Waals surface area contributed by atoms with Crippen LogP contribution in [0.4, 0.5) is 13.2 Å². The van der Waals surface area contributed by atoms with E-state index < -0.39 is 30.0 Å². The lowest BCUT2D eigenvalue weighted by Gasteiger charge is -2.36. The molecule has 1 amide bonds. The van der Waals surface area contributed by atoms with Gasteiger partial charge in [0.2, 0.25) is 0 Å². The molecule has 0 aromatic heterocycles. The van der Waals surface area contributed by atoms with E-state index in [0.29, 0.717) is 0 Å². The molecule has 16 heavy (non-hydrogen) atoms. The highest BCUT2D eigenvalue weighted by Gasteiger charge is 2.47. The van der Waals surface area contributed by atoms with Gasteiger partial charge in [-0.15, -0.1) is 0 Å². The summed E-state index contributed by atoms with van der Waals surface area (Å²) in [7, 11) is 0.826. The van der Waals surface area contributed by atoms with Crippen LogP contribution in [-0.4, -0.2) is 54.4 Å². The highest BCUT2D eigenvalue weighted by Crippen LogP contribution is 2.24. The summed E-state index contributed by atoms with van der Waals surface area (Å²) >= 11 is 0. The Bertz CT molecular complexity index is 300. The van der Waals surface area contributed by atoms with Crippen molar-refractivity contribution in [2.45, 2.75) is 12.2 Å². The van der Waals surface area contributed by atoms with Gasteiger partial charge >= 0.3 is 18.1 Å². The molecule has 1 aliphatic rings. The molecule has 8 heteroatoms. The molecule has 1 N–H and O–H groups in total. The fourth-order valence-corrected chi connectivity index (χ4v) is 1.45. The molecule has 1 aliphatic heterocycles. The molecule has 5 nitrogen and oxygen atoms in total. The van der Waals surface area contributed by atoms with Gasteiger partial charge in [-0.25, -0.2) is 4.79 Å². The second-order valence-electron chi connectivity index (χ2n) is 3.49. The van der Waals surface area contributed by atoms with Gasteiger partial charge < -0.3 is 14.7 Å². The third kappa shape index (κ3) is 2.43. The van der Waals surface area contributed by atoms with Crippen molar-refractivity contribution in [3.63, 3.8) is 0 Å². The first-order valence-electron chi connectivity index (χ1n) is 4.39. The van der Waals surface area contributed by atoms with Crippen molar-refractivity contribution in [2.24, 2.45) is 5.92 Å². The van der Waals surface area contributed by atoms with E-state index in [1.54, 1.807) is 0 Å². The van der Waals surface area contributed by atoms with Gasteiger partial charge in [0.1, 0.15) is 6.04 Å². The van der Waals surface area contributed by atoms with Gasteiger partial charge in [-0.3, -0.25) is 4.79 Å². The maximum Gasteiger partial charge on any atom is 0.471 e. The van der Waals surface area contributed by atoms with E-state index in [4.69, 9.17) is 9.84 Å². The summed E-state index contributed by atoms with van der Waals surface area (Å²) < 4.78 is 41.0. The molecule has 0 aromatic carbocycles. The zero-order valence-corrected chi connectivity index (χ0v) is 8.32. The Hall–Kier alpha value is -1.31. The third-order valence-corrected chi connectivity index (χ3v) is 2.34. The number of carbonyl (C=O) groups is 2.